The van der Waals surface area contributed by atoms with Gasteiger partial charge >= 0.3 is 0 Å². The number of aromatic hydroxyl groups is 1. The lowest BCUT2D eigenvalue weighted by Gasteiger charge is -2.05. The first-order valence-corrected chi connectivity index (χ1v) is 4.68. The van der Waals surface area contributed by atoms with E-state index in [0.29, 0.717) is 11.1 Å². The third-order valence-corrected chi connectivity index (χ3v) is 2.28. The number of hydrogen-bond donors (Lipinski definition) is 1. The minimum Gasteiger partial charge on any atom is -0.506 e. The fourth-order valence-electron chi connectivity index (χ4n) is 1.45. The maximum Gasteiger partial charge on any atom is 0.134 e. The fourth-order valence-corrected chi connectivity index (χ4v) is 1.45. The number of nitrogens with zero attached hydrogens (tertiary/aromatic N) is 1. The molecule has 1 aromatic heterocycles. The van der Waals surface area contributed by atoms with Gasteiger partial charge in [0, 0.05) is 23.4 Å². The van der Waals surface area contributed by atoms with E-state index in [2.05, 4.69) is 4.98 Å². The van der Waals surface area contributed by atoms with E-state index >= 15 is 0 Å². The van der Waals surface area contributed by atoms with E-state index in [1.807, 2.05) is 0 Å². The van der Waals surface area contributed by atoms with E-state index in [4.69, 9.17) is 0 Å². The summed E-state index contributed by atoms with van der Waals surface area (Å²) < 4.78 is 26.5. The van der Waals surface area contributed by atoms with Gasteiger partial charge in [0.1, 0.15) is 17.4 Å². The van der Waals surface area contributed by atoms with Gasteiger partial charge in [0.2, 0.25) is 0 Å². The normalized spacial score (nSPS) is 10.4. The summed E-state index contributed by atoms with van der Waals surface area (Å²) in [5.41, 5.74) is 0.989. The van der Waals surface area contributed by atoms with Crippen molar-refractivity contribution in [2.45, 2.75) is 6.92 Å². The Kier molecular flexibility index (Phi) is 2.56. The van der Waals surface area contributed by atoms with Gasteiger partial charge in [-0.05, 0) is 24.6 Å². The highest BCUT2D eigenvalue weighted by molar-refractivity contribution is 5.65. The number of aryl methyl sites for hydroxylation is 1. The molecule has 2 rings (SSSR count). The number of pyridine rings is 1. The number of rotatable bonds is 1. The molecule has 0 saturated heterocycles. The van der Waals surface area contributed by atoms with Crippen LogP contribution >= 0.6 is 0 Å². The van der Waals surface area contributed by atoms with Crippen molar-refractivity contribution in [3.63, 3.8) is 0 Å². The second kappa shape index (κ2) is 3.89. The van der Waals surface area contributed by atoms with Gasteiger partial charge in [0.25, 0.3) is 0 Å². The maximum absolute atomic E-state index is 13.5. The molecule has 1 N–H and O–H groups in total. The van der Waals surface area contributed by atoms with Crippen LogP contribution in [0.1, 0.15) is 5.56 Å². The van der Waals surface area contributed by atoms with Crippen molar-refractivity contribution < 1.29 is 13.9 Å². The zero-order valence-electron chi connectivity index (χ0n) is 8.54. The highest BCUT2D eigenvalue weighted by Gasteiger charge is 2.09. The Bertz CT molecular complexity index is 541. The second-order valence-corrected chi connectivity index (χ2v) is 3.51. The lowest BCUT2D eigenvalue weighted by atomic mass is 10.0. The molecule has 0 fully saturated rings. The van der Waals surface area contributed by atoms with Crippen LogP contribution in [0.25, 0.3) is 11.1 Å². The number of halogens is 2. The van der Waals surface area contributed by atoms with Crippen molar-refractivity contribution in [2.24, 2.45) is 0 Å². The Morgan fingerprint density at radius 3 is 2.50 bits per heavy atom. The molecule has 82 valence electrons. The lowest BCUT2D eigenvalue weighted by molar-refractivity contribution is 0.473. The van der Waals surface area contributed by atoms with E-state index < -0.39 is 11.6 Å². The minimum atomic E-state index is -0.671. The van der Waals surface area contributed by atoms with Crippen LogP contribution in [0.15, 0.2) is 30.6 Å². The second-order valence-electron chi connectivity index (χ2n) is 3.51. The maximum atomic E-state index is 13.5. The molecular weight excluding hydrogens is 212 g/mol. The Labute approximate surface area is 91.2 Å². The van der Waals surface area contributed by atoms with Crippen molar-refractivity contribution in [2.75, 3.05) is 0 Å². The molecule has 0 aliphatic heterocycles. The van der Waals surface area contributed by atoms with Crippen LogP contribution in [-0.2, 0) is 0 Å². The molecule has 0 unspecified atom stereocenters. The summed E-state index contributed by atoms with van der Waals surface area (Å²) in [6, 6.07) is 3.60. The molecule has 0 saturated carbocycles. The number of hydrogen-bond acceptors (Lipinski definition) is 2. The van der Waals surface area contributed by atoms with E-state index in [9.17, 15) is 13.9 Å². The van der Waals surface area contributed by atoms with Gasteiger partial charge in [-0.1, -0.05) is 0 Å². The van der Waals surface area contributed by atoms with Gasteiger partial charge < -0.3 is 5.11 Å². The van der Waals surface area contributed by atoms with Crippen molar-refractivity contribution in [3.8, 4) is 16.9 Å². The highest BCUT2D eigenvalue weighted by Crippen LogP contribution is 2.26. The van der Waals surface area contributed by atoms with Crippen molar-refractivity contribution in [1.82, 2.24) is 4.98 Å². The SMILES string of the molecule is Cc1cc(-c2cncc(O)c2)c(F)cc1F. The molecule has 2 aromatic rings. The molecule has 0 bridgehead atoms. The first-order valence-electron chi connectivity index (χ1n) is 4.68. The molecule has 16 heavy (non-hydrogen) atoms. The number of aromatic nitrogens is 1. The predicted octanol–water partition coefficient (Wildman–Crippen LogP) is 3.04. The molecule has 4 heteroatoms. The first-order chi connectivity index (χ1) is 7.58. The molecule has 1 aromatic carbocycles. The van der Waals surface area contributed by atoms with Crippen LogP contribution in [-0.4, -0.2) is 10.1 Å². The molecule has 0 aliphatic carbocycles. The zero-order valence-corrected chi connectivity index (χ0v) is 8.54. The van der Waals surface area contributed by atoms with Gasteiger partial charge in [0.15, 0.2) is 0 Å². The molecule has 0 atom stereocenters. The highest BCUT2D eigenvalue weighted by atomic mass is 19.1. The van der Waals surface area contributed by atoms with E-state index in [-0.39, 0.29) is 11.3 Å². The van der Waals surface area contributed by atoms with E-state index in [0.717, 1.165) is 6.07 Å². The van der Waals surface area contributed by atoms with Crippen LogP contribution in [0.4, 0.5) is 8.78 Å². The summed E-state index contributed by atoms with van der Waals surface area (Å²) in [4.78, 5) is 3.74. The quantitative estimate of drug-likeness (QED) is 0.802. The summed E-state index contributed by atoms with van der Waals surface area (Å²) in [5.74, 6) is -1.32. The van der Waals surface area contributed by atoms with Crippen LogP contribution in [0.3, 0.4) is 0 Å². The van der Waals surface area contributed by atoms with Gasteiger partial charge in [-0.3, -0.25) is 4.98 Å². The van der Waals surface area contributed by atoms with Gasteiger partial charge in [0.05, 0.1) is 6.20 Å². The zero-order chi connectivity index (χ0) is 11.7. The summed E-state index contributed by atoms with van der Waals surface area (Å²) in [7, 11) is 0. The van der Waals surface area contributed by atoms with Gasteiger partial charge in [-0.2, -0.15) is 0 Å². The first kappa shape index (κ1) is 10.5. The monoisotopic (exact) mass is 221 g/mol. The standard InChI is InChI=1S/C12H9F2NO/c1-7-2-10(12(14)4-11(7)13)8-3-9(16)6-15-5-8/h2-6,16H,1H3. The smallest absolute Gasteiger partial charge is 0.134 e. The van der Waals surface area contributed by atoms with Gasteiger partial charge in [-0.25, -0.2) is 8.78 Å². The van der Waals surface area contributed by atoms with Crippen molar-refractivity contribution >= 4 is 0 Å². The van der Waals surface area contributed by atoms with Crippen LogP contribution in [0.5, 0.6) is 5.75 Å². The summed E-state index contributed by atoms with van der Waals surface area (Å²) in [6.45, 7) is 1.55. The predicted molar refractivity (Wildman–Crippen MR) is 56.0 cm³/mol. The lowest BCUT2D eigenvalue weighted by Crippen LogP contribution is -1.90. The molecule has 0 amide bonds. The Balaban J connectivity index is 2.60. The minimum absolute atomic E-state index is 0.0566. The average Bonchev–Trinajstić information content (AvgIpc) is 2.23. The molecule has 2 nitrogen and oxygen atoms in total. The Morgan fingerprint density at radius 2 is 1.81 bits per heavy atom. The Morgan fingerprint density at radius 1 is 1.06 bits per heavy atom. The van der Waals surface area contributed by atoms with Crippen LogP contribution in [0.2, 0.25) is 0 Å². The molecule has 1 heterocycles. The summed E-state index contributed by atoms with van der Waals surface area (Å²) >= 11 is 0. The van der Waals surface area contributed by atoms with Gasteiger partial charge in [-0.15, -0.1) is 0 Å². The topological polar surface area (TPSA) is 33.1 Å². The molecule has 0 spiro atoms. The molecule has 0 radical (unpaired) electrons. The Hall–Kier alpha value is -1.97. The molecule has 0 aliphatic rings. The van der Waals surface area contributed by atoms with E-state index in [1.54, 1.807) is 6.92 Å². The fraction of sp³-hybridized carbons (Fsp3) is 0.0833. The largest absolute Gasteiger partial charge is 0.506 e. The average molecular weight is 221 g/mol. The molecular formula is C12H9F2NO. The van der Waals surface area contributed by atoms with E-state index in [1.165, 1.54) is 24.5 Å². The summed E-state index contributed by atoms with van der Waals surface area (Å²) in [5, 5.41) is 9.23. The van der Waals surface area contributed by atoms with Crippen molar-refractivity contribution in [1.29, 1.82) is 0 Å². The third kappa shape index (κ3) is 1.86. The number of benzene rings is 1. The van der Waals surface area contributed by atoms with Crippen LogP contribution < -0.4 is 0 Å². The summed E-state index contributed by atoms with van der Waals surface area (Å²) in [6.07, 6.45) is 2.66. The van der Waals surface area contributed by atoms with Crippen LogP contribution in [0, 0.1) is 18.6 Å². The van der Waals surface area contributed by atoms with Crippen molar-refractivity contribution in [3.05, 3.63) is 47.8 Å². The third-order valence-electron chi connectivity index (χ3n) is 2.28.